The second-order valence-electron chi connectivity index (χ2n) is 4.93. The Morgan fingerprint density at radius 3 is 2.67 bits per heavy atom. The highest BCUT2D eigenvalue weighted by Crippen LogP contribution is 2.27. The molecule has 0 aliphatic heterocycles. The molecule has 18 heavy (non-hydrogen) atoms. The van der Waals surface area contributed by atoms with Gasteiger partial charge in [-0.25, -0.2) is 9.78 Å². The lowest BCUT2D eigenvalue weighted by atomic mass is 10.1. The number of thiazole rings is 1. The lowest BCUT2D eigenvalue weighted by Gasteiger charge is -2.16. The van der Waals surface area contributed by atoms with Crippen LogP contribution >= 0.6 is 11.3 Å². The van der Waals surface area contributed by atoms with Gasteiger partial charge in [-0.05, 0) is 18.8 Å². The Bertz CT molecular complexity index is 402. The van der Waals surface area contributed by atoms with Crippen LogP contribution in [0.2, 0.25) is 0 Å². The highest BCUT2D eigenvalue weighted by molar-refractivity contribution is 7.17. The van der Waals surface area contributed by atoms with Gasteiger partial charge >= 0.3 is 5.97 Å². The molecule has 0 fully saturated rings. The first-order valence-electron chi connectivity index (χ1n) is 6.39. The number of rotatable bonds is 7. The molecule has 0 spiro atoms. The minimum absolute atomic E-state index is 0.392. The van der Waals surface area contributed by atoms with Crippen molar-refractivity contribution in [3.8, 4) is 0 Å². The van der Waals surface area contributed by atoms with Crippen molar-refractivity contribution >= 4 is 22.4 Å². The van der Waals surface area contributed by atoms with Gasteiger partial charge in [0, 0.05) is 13.6 Å². The summed E-state index contributed by atoms with van der Waals surface area (Å²) in [6.07, 6.45) is 2.73. The third-order valence-electron chi connectivity index (χ3n) is 2.74. The van der Waals surface area contributed by atoms with Gasteiger partial charge < -0.3 is 10.0 Å². The minimum atomic E-state index is -0.862. The highest BCUT2D eigenvalue weighted by atomic mass is 32.1. The maximum atomic E-state index is 11.2. The van der Waals surface area contributed by atoms with Crippen LogP contribution in [0.1, 0.15) is 49.0 Å². The van der Waals surface area contributed by atoms with Crippen molar-refractivity contribution in [2.75, 3.05) is 18.5 Å². The first-order chi connectivity index (χ1) is 8.45. The summed E-state index contributed by atoms with van der Waals surface area (Å²) >= 11 is 1.28. The molecule has 1 aromatic rings. The fraction of sp³-hybridized carbons (Fsp3) is 0.692. The number of nitrogens with zero attached hydrogens (tertiary/aromatic N) is 2. The van der Waals surface area contributed by atoms with E-state index in [2.05, 4.69) is 23.7 Å². The Hall–Kier alpha value is -1.10. The summed E-state index contributed by atoms with van der Waals surface area (Å²) < 4.78 is 0. The van der Waals surface area contributed by atoms with Gasteiger partial charge in [0.05, 0.1) is 5.69 Å². The molecular weight excluding hydrogens is 248 g/mol. The van der Waals surface area contributed by atoms with E-state index in [1.165, 1.54) is 11.3 Å². The quantitative estimate of drug-likeness (QED) is 0.826. The first-order valence-corrected chi connectivity index (χ1v) is 7.21. The molecule has 4 nitrogen and oxygen atoms in total. The van der Waals surface area contributed by atoms with Crippen LogP contribution in [0.15, 0.2) is 0 Å². The zero-order chi connectivity index (χ0) is 13.7. The van der Waals surface area contributed by atoms with Gasteiger partial charge in [0.25, 0.3) is 0 Å². The number of aromatic nitrogens is 1. The summed E-state index contributed by atoms with van der Waals surface area (Å²) in [6, 6.07) is 0. The van der Waals surface area contributed by atoms with E-state index in [9.17, 15) is 4.79 Å². The van der Waals surface area contributed by atoms with E-state index in [1.54, 1.807) is 0 Å². The van der Waals surface area contributed by atoms with Crippen molar-refractivity contribution in [1.29, 1.82) is 0 Å². The zero-order valence-corrected chi connectivity index (χ0v) is 12.4. The van der Waals surface area contributed by atoms with Crippen molar-refractivity contribution in [1.82, 2.24) is 4.98 Å². The lowest BCUT2D eigenvalue weighted by Crippen LogP contribution is -2.19. The smallest absolute Gasteiger partial charge is 0.347 e. The fourth-order valence-electron chi connectivity index (χ4n) is 1.62. The van der Waals surface area contributed by atoms with Crippen LogP contribution in [0.3, 0.4) is 0 Å². The van der Waals surface area contributed by atoms with E-state index in [-0.39, 0.29) is 0 Å². The molecule has 0 unspecified atom stereocenters. The average molecular weight is 270 g/mol. The maximum absolute atomic E-state index is 11.2. The van der Waals surface area contributed by atoms with Gasteiger partial charge in [0.15, 0.2) is 5.13 Å². The van der Waals surface area contributed by atoms with Crippen molar-refractivity contribution in [3.05, 3.63) is 10.6 Å². The summed E-state index contributed by atoms with van der Waals surface area (Å²) in [4.78, 5) is 18.1. The number of hydrogen-bond acceptors (Lipinski definition) is 4. The molecule has 0 bridgehead atoms. The molecule has 1 rings (SSSR count). The SMILES string of the molecule is CCCc1nc(N(C)CCC(C)C)sc1C(=O)O. The Balaban J connectivity index is 2.82. The van der Waals surface area contributed by atoms with Gasteiger partial charge in [0.1, 0.15) is 4.88 Å². The molecule has 0 aromatic carbocycles. The van der Waals surface area contributed by atoms with Crippen molar-refractivity contribution in [3.63, 3.8) is 0 Å². The Kier molecular flexibility index (Phi) is 5.59. The van der Waals surface area contributed by atoms with Gasteiger partial charge in [-0.2, -0.15) is 0 Å². The van der Waals surface area contributed by atoms with Crippen molar-refractivity contribution in [2.45, 2.75) is 40.0 Å². The summed E-state index contributed by atoms with van der Waals surface area (Å²) in [5, 5.41) is 9.97. The number of carbonyl (C=O) groups is 1. The monoisotopic (exact) mass is 270 g/mol. The molecule has 0 radical (unpaired) electrons. The van der Waals surface area contributed by atoms with Gasteiger partial charge in [-0.15, -0.1) is 0 Å². The minimum Gasteiger partial charge on any atom is -0.477 e. The van der Waals surface area contributed by atoms with Crippen LogP contribution in [0, 0.1) is 5.92 Å². The standard InChI is InChI=1S/C13H22N2O2S/c1-5-6-10-11(12(16)17)18-13(14-10)15(4)8-7-9(2)3/h9H,5-8H2,1-4H3,(H,16,17). The number of anilines is 1. The average Bonchev–Trinajstić information content (AvgIpc) is 2.70. The second kappa shape index (κ2) is 6.73. The molecule has 0 atom stereocenters. The van der Waals surface area contributed by atoms with Crippen LogP contribution in [-0.4, -0.2) is 29.7 Å². The Morgan fingerprint density at radius 2 is 2.17 bits per heavy atom. The molecule has 0 aliphatic carbocycles. The molecule has 1 aromatic heterocycles. The molecule has 5 heteroatoms. The van der Waals surface area contributed by atoms with E-state index in [1.807, 2.05) is 14.0 Å². The summed E-state index contributed by atoms with van der Waals surface area (Å²) in [5.74, 6) is -0.221. The van der Waals surface area contributed by atoms with E-state index in [0.717, 1.165) is 36.6 Å². The van der Waals surface area contributed by atoms with E-state index >= 15 is 0 Å². The van der Waals surface area contributed by atoms with Gasteiger partial charge in [0.2, 0.25) is 0 Å². The largest absolute Gasteiger partial charge is 0.477 e. The molecular formula is C13H22N2O2S. The molecule has 102 valence electrons. The number of hydrogen-bond donors (Lipinski definition) is 1. The topological polar surface area (TPSA) is 53.4 Å². The maximum Gasteiger partial charge on any atom is 0.347 e. The number of carboxylic acid groups (broad SMARTS) is 1. The van der Waals surface area contributed by atoms with E-state index in [0.29, 0.717) is 10.8 Å². The highest BCUT2D eigenvalue weighted by Gasteiger charge is 2.18. The molecule has 0 saturated heterocycles. The summed E-state index contributed by atoms with van der Waals surface area (Å²) in [6.45, 7) is 7.31. The Labute approximate surface area is 113 Å². The first kappa shape index (κ1) is 15.0. The summed E-state index contributed by atoms with van der Waals surface area (Å²) in [5.41, 5.74) is 0.724. The van der Waals surface area contributed by atoms with Crippen molar-refractivity contribution in [2.24, 2.45) is 5.92 Å². The zero-order valence-electron chi connectivity index (χ0n) is 11.6. The number of carboxylic acids is 1. The number of aromatic carboxylic acids is 1. The summed E-state index contributed by atoms with van der Waals surface area (Å²) in [7, 11) is 1.97. The molecule has 0 saturated carbocycles. The van der Waals surface area contributed by atoms with Crippen LogP contribution in [0.4, 0.5) is 5.13 Å². The predicted molar refractivity (Wildman–Crippen MR) is 75.8 cm³/mol. The molecule has 0 amide bonds. The third-order valence-corrected chi connectivity index (χ3v) is 3.94. The van der Waals surface area contributed by atoms with Gasteiger partial charge in [-0.3, -0.25) is 0 Å². The third kappa shape index (κ3) is 3.98. The molecule has 1 heterocycles. The molecule has 1 N–H and O–H groups in total. The fourth-order valence-corrected chi connectivity index (χ4v) is 2.56. The van der Waals surface area contributed by atoms with Crippen LogP contribution in [0.5, 0.6) is 0 Å². The lowest BCUT2D eigenvalue weighted by molar-refractivity contribution is 0.0700. The normalized spacial score (nSPS) is 10.9. The van der Waals surface area contributed by atoms with E-state index in [4.69, 9.17) is 5.11 Å². The Morgan fingerprint density at radius 1 is 1.50 bits per heavy atom. The van der Waals surface area contributed by atoms with Gasteiger partial charge in [-0.1, -0.05) is 38.5 Å². The second-order valence-corrected chi connectivity index (χ2v) is 5.91. The molecule has 0 aliphatic rings. The van der Waals surface area contributed by atoms with Crippen LogP contribution in [0.25, 0.3) is 0 Å². The van der Waals surface area contributed by atoms with Crippen LogP contribution in [-0.2, 0) is 6.42 Å². The number of aryl methyl sites for hydroxylation is 1. The predicted octanol–water partition coefficient (Wildman–Crippen LogP) is 3.28. The van der Waals surface area contributed by atoms with Crippen LogP contribution < -0.4 is 4.90 Å². The van der Waals surface area contributed by atoms with E-state index < -0.39 is 5.97 Å². The van der Waals surface area contributed by atoms with Crippen molar-refractivity contribution < 1.29 is 9.90 Å².